The normalized spacial score (nSPS) is 31.4. The van der Waals surface area contributed by atoms with Crippen LogP contribution in [0.3, 0.4) is 0 Å². The van der Waals surface area contributed by atoms with E-state index < -0.39 is 6.17 Å². The molecule has 62 valence electrons. The second kappa shape index (κ2) is 3.65. The summed E-state index contributed by atoms with van der Waals surface area (Å²) in [4.78, 5) is 11.0. The summed E-state index contributed by atoms with van der Waals surface area (Å²) in [6.45, 7) is 3.41. The first-order valence-corrected chi connectivity index (χ1v) is 4.04. The number of alkyl halides is 1. The predicted molar refractivity (Wildman–Crippen MR) is 42.1 cm³/mol. The van der Waals surface area contributed by atoms with E-state index in [4.69, 9.17) is 0 Å². The van der Waals surface area contributed by atoms with E-state index in [1.165, 1.54) is 6.08 Å². The topological polar surface area (TPSA) is 17.1 Å². The summed E-state index contributed by atoms with van der Waals surface area (Å²) in [6, 6.07) is 0. The van der Waals surface area contributed by atoms with Crippen LogP contribution in [0, 0.1) is 5.92 Å². The highest BCUT2D eigenvalue weighted by atomic mass is 19.1. The van der Waals surface area contributed by atoms with Gasteiger partial charge in [-0.15, -0.1) is 0 Å². The van der Waals surface area contributed by atoms with Gasteiger partial charge >= 0.3 is 0 Å². The van der Waals surface area contributed by atoms with Gasteiger partial charge in [-0.25, -0.2) is 4.39 Å². The highest BCUT2D eigenvalue weighted by Gasteiger charge is 2.23. The van der Waals surface area contributed by atoms with E-state index in [0.29, 0.717) is 25.7 Å². The molecule has 0 atom stereocenters. The maximum atomic E-state index is 12.6. The van der Waals surface area contributed by atoms with Crippen LogP contribution in [0.4, 0.5) is 4.39 Å². The SMILES string of the molecule is C=CC(=O)C1CCC(F)CC1. The molecule has 1 saturated carbocycles. The molecule has 0 aromatic carbocycles. The van der Waals surface area contributed by atoms with Crippen LogP contribution in [0.2, 0.25) is 0 Å². The van der Waals surface area contributed by atoms with Gasteiger partial charge in [-0.2, -0.15) is 0 Å². The molecule has 0 amide bonds. The van der Waals surface area contributed by atoms with Crippen molar-refractivity contribution in [2.24, 2.45) is 5.92 Å². The first-order chi connectivity index (χ1) is 5.24. The number of ketones is 1. The van der Waals surface area contributed by atoms with Crippen molar-refractivity contribution in [3.05, 3.63) is 12.7 Å². The van der Waals surface area contributed by atoms with Crippen molar-refractivity contribution in [1.29, 1.82) is 0 Å². The molecule has 0 bridgehead atoms. The molecule has 1 fully saturated rings. The standard InChI is InChI=1S/C9H13FO/c1-2-9(11)7-3-5-8(10)6-4-7/h2,7-8H,1,3-6H2. The highest BCUT2D eigenvalue weighted by Crippen LogP contribution is 2.26. The average Bonchev–Trinajstić information content (AvgIpc) is 2.05. The summed E-state index contributed by atoms with van der Waals surface area (Å²) < 4.78 is 12.6. The Hall–Kier alpha value is -0.660. The van der Waals surface area contributed by atoms with Crippen LogP contribution in [0.15, 0.2) is 12.7 Å². The Balaban J connectivity index is 2.38. The molecule has 0 saturated heterocycles. The fourth-order valence-corrected chi connectivity index (χ4v) is 1.50. The maximum absolute atomic E-state index is 12.6. The third kappa shape index (κ3) is 2.14. The van der Waals surface area contributed by atoms with Gasteiger partial charge in [0.05, 0.1) is 0 Å². The van der Waals surface area contributed by atoms with Gasteiger partial charge in [0.15, 0.2) is 5.78 Å². The minimum absolute atomic E-state index is 0.0551. The zero-order valence-electron chi connectivity index (χ0n) is 6.55. The van der Waals surface area contributed by atoms with Gasteiger partial charge in [0.2, 0.25) is 0 Å². The van der Waals surface area contributed by atoms with Gasteiger partial charge in [-0.05, 0) is 31.8 Å². The predicted octanol–water partition coefficient (Wildman–Crippen LogP) is 2.27. The number of hydrogen-bond acceptors (Lipinski definition) is 1. The summed E-state index contributed by atoms with van der Waals surface area (Å²) in [7, 11) is 0. The van der Waals surface area contributed by atoms with Crippen LogP contribution >= 0.6 is 0 Å². The van der Waals surface area contributed by atoms with Crippen LogP contribution in [0.1, 0.15) is 25.7 Å². The third-order valence-corrected chi connectivity index (χ3v) is 2.26. The second-order valence-electron chi connectivity index (χ2n) is 3.06. The molecule has 0 aromatic heterocycles. The first kappa shape index (κ1) is 8.44. The monoisotopic (exact) mass is 156 g/mol. The molecule has 0 radical (unpaired) electrons. The van der Waals surface area contributed by atoms with Crippen LogP contribution < -0.4 is 0 Å². The van der Waals surface area contributed by atoms with E-state index in [-0.39, 0.29) is 11.7 Å². The molecule has 0 aliphatic heterocycles. The molecule has 1 nitrogen and oxygen atoms in total. The van der Waals surface area contributed by atoms with Crippen molar-refractivity contribution < 1.29 is 9.18 Å². The summed E-state index contributed by atoms with van der Waals surface area (Å²) in [5.41, 5.74) is 0. The second-order valence-corrected chi connectivity index (χ2v) is 3.06. The Kier molecular flexibility index (Phi) is 2.80. The molecule has 0 spiro atoms. The molecule has 11 heavy (non-hydrogen) atoms. The third-order valence-electron chi connectivity index (χ3n) is 2.26. The lowest BCUT2D eigenvalue weighted by atomic mass is 9.85. The van der Waals surface area contributed by atoms with Gasteiger partial charge in [0.1, 0.15) is 6.17 Å². The molecule has 0 aromatic rings. The molecule has 1 aliphatic carbocycles. The molecule has 1 aliphatic rings. The molecular formula is C9H13FO. The van der Waals surface area contributed by atoms with E-state index in [1.54, 1.807) is 0 Å². The van der Waals surface area contributed by atoms with Gasteiger partial charge in [0.25, 0.3) is 0 Å². The van der Waals surface area contributed by atoms with E-state index >= 15 is 0 Å². The van der Waals surface area contributed by atoms with Gasteiger partial charge in [-0.3, -0.25) is 4.79 Å². The van der Waals surface area contributed by atoms with Crippen molar-refractivity contribution in [3.63, 3.8) is 0 Å². The highest BCUT2D eigenvalue weighted by molar-refractivity contribution is 5.91. The van der Waals surface area contributed by atoms with Gasteiger partial charge in [0, 0.05) is 5.92 Å². The minimum atomic E-state index is -0.677. The van der Waals surface area contributed by atoms with Gasteiger partial charge < -0.3 is 0 Å². The zero-order valence-corrected chi connectivity index (χ0v) is 6.55. The summed E-state index contributed by atoms with van der Waals surface area (Å²) in [5, 5.41) is 0. The van der Waals surface area contributed by atoms with Crippen molar-refractivity contribution in [3.8, 4) is 0 Å². The lowest BCUT2D eigenvalue weighted by molar-refractivity contribution is -0.119. The van der Waals surface area contributed by atoms with E-state index in [1.807, 2.05) is 0 Å². The van der Waals surface area contributed by atoms with Crippen LogP contribution in [-0.4, -0.2) is 12.0 Å². The molecule has 0 unspecified atom stereocenters. The van der Waals surface area contributed by atoms with Crippen molar-refractivity contribution in [2.75, 3.05) is 0 Å². The maximum Gasteiger partial charge on any atom is 0.158 e. The van der Waals surface area contributed by atoms with Crippen molar-refractivity contribution >= 4 is 5.78 Å². The minimum Gasteiger partial charge on any atom is -0.295 e. The lowest BCUT2D eigenvalue weighted by Gasteiger charge is -2.21. The van der Waals surface area contributed by atoms with Crippen molar-refractivity contribution in [1.82, 2.24) is 0 Å². The van der Waals surface area contributed by atoms with E-state index in [9.17, 15) is 9.18 Å². The van der Waals surface area contributed by atoms with Crippen LogP contribution in [0.25, 0.3) is 0 Å². The molecule has 1 rings (SSSR count). The fraction of sp³-hybridized carbons (Fsp3) is 0.667. The van der Waals surface area contributed by atoms with E-state index in [0.717, 1.165) is 0 Å². The lowest BCUT2D eigenvalue weighted by Crippen LogP contribution is -2.20. The van der Waals surface area contributed by atoms with Crippen molar-refractivity contribution in [2.45, 2.75) is 31.9 Å². The summed E-state index contributed by atoms with van der Waals surface area (Å²) in [5.74, 6) is 0.136. The average molecular weight is 156 g/mol. The Morgan fingerprint density at radius 1 is 1.36 bits per heavy atom. The number of rotatable bonds is 2. The number of carbonyl (C=O) groups is 1. The molecular weight excluding hydrogens is 143 g/mol. The zero-order chi connectivity index (χ0) is 8.27. The smallest absolute Gasteiger partial charge is 0.158 e. The molecule has 2 heteroatoms. The number of carbonyl (C=O) groups excluding carboxylic acids is 1. The Bertz CT molecular complexity index is 157. The fourth-order valence-electron chi connectivity index (χ4n) is 1.50. The number of allylic oxidation sites excluding steroid dienone is 1. The first-order valence-electron chi connectivity index (χ1n) is 4.04. The quantitative estimate of drug-likeness (QED) is 0.560. The number of hydrogen-bond donors (Lipinski definition) is 0. The Morgan fingerprint density at radius 3 is 2.36 bits per heavy atom. The number of halogens is 1. The Morgan fingerprint density at radius 2 is 1.91 bits per heavy atom. The molecule has 0 heterocycles. The van der Waals surface area contributed by atoms with Gasteiger partial charge in [-0.1, -0.05) is 6.58 Å². The van der Waals surface area contributed by atoms with Crippen LogP contribution in [0.5, 0.6) is 0 Å². The summed E-state index contributed by atoms with van der Waals surface area (Å²) in [6.07, 6.45) is 3.17. The summed E-state index contributed by atoms with van der Waals surface area (Å²) >= 11 is 0. The molecule has 0 N–H and O–H groups in total. The Labute approximate surface area is 66.3 Å². The largest absolute Gasteiger partial charge is 0.295 e. The van der Waals surface area contributed by atoms with Crippen LogP contribution in [-0.2, 0) is 4.79 Å². The van der Waals surface area contributed by atoms with E-state index in [2.05, 4.69) is 6.58 Å².